The molecule has 0 saturated heterocycles. The lowest BCUT2D eigenvalue weighted by Crippen LogP contribution is -2.12. The smallest absolute Gasteiger partial charge is 0.278 e. The quantitative estimate of drug-likeness (QED) is 0.441. The summed E-state index contributed by atoms with van der Waals surface area (Å²) in [7, 11) is 0. The standard InChI is InChI=1S/C22H16N2O3S/c25-21(16-7-6-10-18(15-16)27-22-23-13-14-28-22)24-19-11-4-5-12-20(19)26-17-8-2-1-3-9-17/h1-15H,(H,24,25). The van der Waals surface area contributed by atoms with Crippen molar-refractivity contribution in [1.82, 2.24) is 4.98 Å². The number of amides is 1. The SMILES string of the molecule is O=C(Nc1ccccc1Oc1ccccc1)c1cccc(Oc2nccs2)c1. The average molecular weight is 388 g/mol. The predicted octanol–water partition coefficient (Wildman–Crippen LogP) is 5.98. The van der Waals surface area contributed by atoms with Gasteiger partial charge in [-0.1, -0.05) is 47.7 Å². The summed E-state index contributed by atoms with van der Waals surface area (Å²) >= 11 is 1.39. The molecule has 0 unspecified atom stereocenters. The van der Waals surface area contributed by atoms with Crippen molar-refractivity contribution in [1.29, 1.82) is 0 Å². The van der Waals surface area contributed by atoms with Crippen LogP contribution in [0, 0.1) is 0 Å². The summed E-state index contributed by atoms with van der Waals surface area (Å²) in [6, 6.07) is 23.7. The van der Waals surface area contributed by atoms with E-state index in [9.17, 15) is 4.79 Å². The zero-order valence-corrected chi connectivity index (χ0v) is 15.6. The molecule has 3 aromatic carbocycles. The van der Waals surface area contributed by atoms with Crippen LogP contribution >= 0.6 is 11.3 Å². The summed E-state index contributed by atoms with van der Waals surface area (Å²) in [5.74, 6) is 1.56. The van der Waals surface area contributed by atoms with Gasteiger partial charge in [0.2, 0.25) is 0 Å². The lowest BCUT2D eigenvalue weighted by molar-refractivity contribution is 0.102. The van der Waals surface area contributed by atoms with E-state index in [1.54, 1.807) is 36.5 Å². The molecule has 0 spiro atoms. The number of anilines is 1. The van der Waals surface area contributed by atoms with Gasteiger partial charge in [-0.15, -0.1) is 0 Å². The summed E-state index contributed by atoms with van der Waals surface area (Å²) in [6.07, 6.45) is 1.67. The zero-order chi connectivity index (χ0) is 19.2. The minimum atomic E-state index is -0.256. The number of nitrogens with one attached hydrogen (secondary N) is 1. The van der Waals surface area contributed by atoms with E-state index in [1.165, 1.54) is 11.3 Å². The molecule has 1 N–H and O–H groups in total. The Kier molecular flexibility index (Phi) is 5.31. The van der Waals surface area contributed by atoms with E-state index in [4.69, 9.17) is 9.47 Å². The lowest BCUT2D eigenvalue weighted by atomic mass is 10.2. The number of aromatic nitrogens is 1. The third-order valence-corrected chi connectivity index (χ3v) is 4.47. The second-order valence-electron chi connectivity index (χ2n) is 5.79. The first-order valence-electron chi connectivity index (χ1n) is 8.58. The van der Waals surface area contributed by atoms with Gasteiger partial charge >= 0.3 is 0 Å². The number of thiazole rings is 1. The molecule has 138 valence electrons. The maximum atomic E-state index is 12.7. The normalized spacial score (nSPS) is 10.3. The van der Waals surface area contributed by atoms with Gasteiger partial charge in [0.15, 0.2) is 5.75 Å². The van der Waals surface area contributed by atoms with Crippen molar-refractivity contribution in [3.8, 4) is 22.4 Å². The van der Waals surface area contributed by atoms with Crippen molar-refractivity contribution in [2.45, 2.75) is 0 Å². The summed E-state index contributed by atoms with van der Waals surface area (Å²) < 4.78 is 11.6. The Hall–Kier alpha value is -3.64. The molecular weight excluding hydrogens is 372 g/mol. The molecule has 5 nitrogen and oxygen atoms in total. The van der Waals surface area contributed by atoms with E-state index >= 15 is 0 Å². The molecule has 0 atom stereocenters. The van der Waals surface area contributed by atoms with Crippen LogP contribution in [0.3, 0.4) is 0 Å². The molecule has 0 aliphatic carbocycles. The largest absolute Gasteiger partial charge is 0.455 e. The molecular formula is C22H16N2O3S. The zero-order valence-electron chi connectivity index (χ0n) is 14.7. The third-order valence-electron chi connectivity index (χ3n) is 3.82. The Bertz CT molecular complexity index is 1070. The number of hydrogen-bond donors (Lipinski definition) is 1. The van der Waals surface area contributed by atoms with Crippen LogP contribution in [-0.4, -0.2) is 10.9 Å². The number of rotatable bonds is 6. The maximum Gasteiger partial charge on any atom is 0.278 e. The Morgan fingerprint density at radius 2 is 1.64 bits per heavy atom. The number of para-hydroxylation sites is 3. The fourth-order valence-corrected chi connectivity index (χ4v) is 3.04. The fraction of sp³-hybridized carbons (Fsp3) is 0. The number of ether oxygens (including phenoxy) is 2. The van der Waals surface area contributed by atoms with Crippen LogP contribution < -0.4 is 14.8 Å². The van der Waals surface area contributed by atoms with Gasteiger partial charge in [0.05, 0.1) is 5.69 Å². The van der Waals surface area contributed by atoms with Gasteiger partial charge in [-0.05, 0) is 42.5 Å². The molecule has 0 bridgehead atoms. The molecule has 1 aromatic heterocycles. The summed E-state index contributed by atoms with van der Waals surface area (Å²) in [4.78, 5) is 16.8. The minimum absolute atomic E-state index is 0.256. The highest BCUT2D eigenvalue weighted by Crippen LogP contribution is 2.30. The Morgan fingerprint density at radius 3 is 2.46 bits per heavy atom. The highest BCUT2D eigenvalue weighted by atomic mass is 32.1. The number of carbonyl (C=O) groups excluding carboxylic acids is 1. The van der Waals surface area contributed by atoms with Crippen LogP contribution in [0.15, 0.2) is 90.4 Å². The monoisotopic (exact) mass is 388 g/mol. The van der Waals surface area contributed by atoms with E-state index in [1.807, 2.05) is 53.9 Å². The van der Waals surface area contributed by atoms with Gasteiger partial charge in [0, 0.05) is 17.1 Å². The lowest BCUT2D eigenvalue weighted by Gasteiger charge is -2.12. The topological polar surface area (TPSA) is 60.5 Å². The molecule has 1 amide bonds. The van der Waals surface area contributed by atoms with Crippen LogP contribution in [0.25, 0.3) is 0 Å². The first-order valence-corrected chi connectivity index (χ1v) is 9.46. The van der Waals surface area contributed by atoms with Gasteiger partial charge in [-0.3, -0.25) is 4.79 Å². The number of benzene rings is 3. The second-order valence-corrected chi connectivity index (χ2v) is 6.65. The van der Waals surface area contributed by atoms with Crippen LogP contribution in [0.4, 0.5) is 5.69 Å². The van der Waals surface area contributed by atoms with Crippen LogP contribution in [-0.2, 0) is 0 Å². The van der Waals surface area contributed by atoms with E-state index in [2.05, 4.69) is 10.3 Å². The van der Waals surface area contributed by atoms with Crippen molar-refractivity contribution < 1.29 is 14.3 Å². The number of nitrogens with zero attached hydrogens (tertiary/aromatic N) is 1. The third kappa shape index (κ3) is 4.36. The predicted molar refractivity (Wildman–Crippen MR) is 110 cm³/mol. The van der Waals surface area contributed by atoms with Crippen LogP contribution in [0.1, 0.15) is 10.4 Å². The van der Waals surface area contributed by atoms with E-state index in [-0.39, 0.29) is 5.91 Å². The van der Waals surface area contributed by atoms with Crippen LogP contribution in [0.5, 0.6) is 22.4 Å². The highest BCUT2D eigenvalue weighted by Gasteiger charge is 2.12. The maximum absolute atomic E-state index is 12.7. The van der Waals surface area contributed by atoms with Gasteiger partial charge in [-0.25, -0.2) is 4.98 Å². The minimum Gasteiger partial charge on any atom is -0.455 e. The molecule has 1 heterocycles. The Balaban J connectivity index is 1.51. The Labute approximate surface area is 166 Å². The highest BCUT2D eigenvalue weighted by molar-refractivity contribution is 7.11. The van der Waals surface area contributed by atoms with E-state index in [0.29, 0.717) is 33.7 Å². The van der Waals surface area contributed by atoms with Crippen LogP contribution in [0.2, 0.25) is 0 Å². The molecule has 0 fully saturated rings. The summed E-state index contributed by atoms with van der Waals surface area (Å²) in [5, 5.41) is 5.26. The van der Waals surface area contributed by atoms with Gasteiger partial charge in [-0.2, -0.15) is 0 Å². The van der Waals surface area contributed by atoms with Gasteiger partial charge in [0.25, 0.3) is 11.1 Å². The molecule has 0 aliphatic heterocycles. The number of hydrogen-bond acceptors (Lipinski definition) is 5. The van der Waals surface area contributed by atoms with Crippen molar-refractivity contribution in [2.24, 2.45) is 0 Å². The molecule has 4 aromatic rings. The van der Waals surface area contributed by atoms with E-state index in [0.717, 1.165) is 0 Å². The van der Waals surface area contributed by atoms with Gasteiger partial charge in [0.1, 0.15) is 11.5 Å². The summed E-state index contributed by atoms with van der Waals surface area (Å²) in [5.41, 5.74) is 1.06. The molecule has 0 saturated carbocycles. The molecule has 0 aliphatic rings. The second kappa shape index (κ2) is 8.37. The molecule has 6 heteroatoms. The van der Waals surface area contributed by atoms with Crippen molar-refractivity contribution in [3.05, 3.63) is 96.0 Å². The average Bonchev–Trinajstić information content (AvgIpc) is 3.23. The molecule has 0 radical (unpaired) electrons. The van der Waals surface area contributed by atoms with Crippen molar-refractivity contribution in [3.63, 3.8) is 0 Å². The first kappa shape index (κ1) is 17.8. The molecule has 4 rings (SSSR count). The van der Waals surface area contributed by atoms with Crippen molar-refractivity contribution in [2.75, 3.05) is 5.32 Å². The number of carbonyl (C=O) groups is 1. The van der Waals surface area contributed by atoms with Gasteiger partial charge < -0.3 is 14.8 Å². The molecule has 28 heavy (non-hydrogen) atoms. The fourth-order valence-electron chi connectivity index (χ4n) is 2.53. The summed E-state index contributed by atoms with van der Waals surface area (Å²) in [6.45, 7) is 0. The Morgan fingerprint density at radius 1 is 0.857 bits per heavy atom. The van der Waals surface area contributed by atoms with E-state index < -0.39 is 0 Å². The van der Waals surface area contributed by atoms with Crippen molar-refractivity contribution >= 4 is 22.9 Å². The first-order chi connectivity index (χ1) is 13.8.